The highest BCUT2D eigenvalue weighted by molar-refractivity contribution is 5.71. The van der Waals surface area contributed by atoms with Gasteiger partial charge in [0, 0.05) is 24.8 Å². The first-order chi connectivity index (χ1) is 6.95. The molecule has 0 bridgehead atoms. The van der Waals surface area contributed by atoms with E-state index in [1.54, 1.807) is 0 Å². The molecule has 2 heteroatoms. The van der Waals surface area contributed by atoms with Crippen LogP contribution in [0.2, 0.25) is 0 Å². The second kappa shape index (κ2) is 2.91. The largest absolute Gasteiger partial charge is 0.264 e. The third-order valence-electron chi connectivity index (χ3n) is 2.76. The van der Waals surface area contributed by atoms with Gasteiger partial charge in [-0.05, 0) is 47.2 Å². The van der Waals surface area contributed by atoms with Gasteiger partial charge in [0.1, 0.15) is 0 Å². The van der Waals surface area contributed by atoms with E-state index in [0.717, 1.165) is 12.8 Å². The van der Waals surface area contributed by atoms with E-state index in [4.69, 9.17) is 0 Å². The van der Waals surface area contributed by atoms with E-state index in [9.17, 15) is 0 Å². The summed E-state index contributed by atoms with van der Waals surface area (Å²) in [6.45, 7) is 0. The molecule has 0 unspecified atom stereocenters. The monoisotopic (exact) mass is 182 g/mol. The quantitative estimate of drug-likeness (QED) is 0.624. The van der Waals surface area contributed by atoms with E-state index in [-0.39, 0.29) is 0 Å². The molecule has 0 saturated carbocycles. The molecule has 2 aromatic rings. The highest BCUT2D eigenvalue weighted by Gasteiger charge is 2.14. The van der Waals surface area contributed by atoms with Crippen LogP contribution in [0.5, 0.6) is 0 Å². The van der Waals surface area contributed by atoms with Gasteiger partial charge >= 0.3 is 0 Å². The van der Waals surface area contributed by atoms with Crippen LogP contribution in [-0.2, 0) is 12.8 Å². The Bertz CT molecular complexity index is 432. The maximum atomic E-state index is 4.16. The number of rotatable bonds is 0. The number of aryl methyl sites for hydroxylation is 2. The molecule has 0 aliphatic heterocycles. The SMILES string of the molecule is c1cc2c(cn1)CCc1cnccc1-2. The van der Waals surface area contributed by atoms with Gasteiger partial charge < -0.3 is 0 Å². The van der Waals surface area contributed by atoms with Gasteiger partial charge in [-0.3, -0.25) is 9.97 Å². The molecular formula is C12H10N2. The zero-order valence-electron chi connectivity index (χ0n) is 7.77. The summed E-state index contributed by atoms with van der Waals surface area (Å²) in [7, 11) is 0. The van der Waals surface area contributed by atoms with E-state index in [1.165, 1.54) is 22.3 Å². The molecule has 0 saturated heterocycles. The first kappa shape index (κ1) is 7.68. The zero-order valence-corrected chi connectivity index (χ0v) is 7.77. The molecule has 0 N–H and O–H groups in total. The van der Waals surface area contributed by atoms with Gasteiger partial charge in [-0.25, -0.2) is 0 Å². The van der Waals surface area contributed by atoms with Crippen molar-refractivity contribution in [2.75, 3.05) is 0 Å². The van der Waals surface area contributed by atoms with Crippen LogP contribution in [0.3, 0.4) is 0 Å². The fourth-order valence-corrected chi connectivity index (χ4v) is 2.05. The summed E-state index contributed by atoms with van der Waals surface area (Å²) in [5.41, 5.74) is 5.35. The second-order valence-electron chi connectivity index (χ2n) is 3.57. The first-order valence-electron chi connectivity index (χ1n) is 4.81. The molecule has 0 amide bonds. The Morgan fingerprint density at radius 2 is 1.29 bits per heavy atom. The number of hydrogen-bond donors (Lipinski definition) is 0. The van der Waals surface area contributed by atoms with Crippen LogP contribution in [0.25, 0.3) is 11.1 Å². The summed E-state index contributed by atoms with van der Waals surface area (Å²) >= 11 is 0. The Kier molecular flexibility index (Phi) is 1.60. The van der Waals surface area contributed by atoms with Gasteiger partial charge in [0.15, 0.2) is 0 Å². The molecule has 1 aliphatic carbocycles. The summed E-state index contributed by atoms with van der Waals surface area (Å²) in [5, 5.41) is 0. The van der Waals surface area contributed by atoms with E-state index >= 15 is 0 Å². The van der Waals surface area contributed by atoms with Crippen LogP contribution in [0.4, 0.5) is 0 Å². The predicted octanol–water partition coefficient (Wildman–Crippen LogP) is 2.24. The van der Waals surface area contributed by atoms with Crippen molar-refractivity contribution in [1.82, 2.24) is 9.97 Å². The van der Waals surface area contributed by atoms with Crippen molar-refractivity contribution in [1.29, 1.82) is 0 Å². The predicted molar refractivity (Wildman–Crippen MR) is 54.9 cm³/mol. The number of fused-ring (bicyclic) bond motifs is 3. The number of nitrogens with zero attached hydrogens (tertiary/aromatic N) is 2. The smallest absolute Gasteiger partial charge is 0.0306 e. The second-order valence-corrected chi connectivity index (χ2v) is 3.57. The van der Waals surface area contributed by atoms with Gasteiger partial charge in [0.25, 0.3) is 0 Å². The molecule has 68 valence electrons. The molecule has 2 nitrogen and oxygen atoms in total. The Balaban J connectivity index is 2.29. The average molecular weight is 182 g/mol. The lowest BCUT2D eigenvalue weighted by Gasteiger charge is -2.18. The summed E-state index contributed by atoms with van der Waals surface area (Å²) in [5.74, 6) is 0. The van der Waals surface area contributed by atoms with Crippen LogP contribution in [0, 0.1) is 0 Å². The third-order valence-corrected chi connectivity index (χ3v) is 2.76. The molecule has 2 heterocycles. The highest BCUT2D eigenvalue weighted by Crippen LogP contribution is 2.31. The Labute approximate surface area is 82.7 Å². The molecule has 0 aromatic carbocycles. The normalized spacial score (nSPS) is 13.1. The summed E-state index contributed by atoms with van der Waals surface area (Å²) in [6, 6.07) is 4.18. The molecule has 2 aromatic heterocycles. The van der Waals surface area contributed by atoms with E-state index < -0.39 is 0 Å². The first-order valence-corrected chi connectivity index (χ1v) is 4.81. The Hall–Kier alpha value is -1.70. The van der Waals surface area contributed by atoms with E-state index in [1.807, 2.05) is 24.8 Å². The van der Waals surface area contributed by atoms with Crippen molar-refractivity contribution in [3.05, 3.63) is 48.0 Å². The van der Waals surface area contributed by atoms with E-state index in [0.29, 0.717) is 0 Å². The molecule has 0 atom stereocenters. The minimum absolute atomic E-state index is 1.09. The molecule has 0 spiro atoms. The lowest BCUT2D eigenvalue weighted by Crippen LogP contribution is -2.04. The molecule has 0 radical (unpaired) electrons. The fourth-order valence-electron chi connectivity index (χ4n) is 2.05. The van der Waals surface area contributed by atoms with Crippen LogP contribution in [0.15, 0.2) is 36.9 Å². The van der Waals surface area contributed by atoms with Crippen LogP contribution in [0.1, 0.15) is 11.1 Å². The van der Waals surface area contributed by atoms with Crippen molar-refractivity contribution in [3.63, 3.8) is 0 Å². The van der Waals surface area contributed by atoms with Gasteiger partial charge in [-0.2, -0.15) is 0 Å². The van der Waals surface area contributed by atoms with Crippen LogP contribution >= 0.6 is 0 Å². The number of hydrogen-bond acceptors (Lipinski definition) is 2. The van der Waals surface area contributed by atoms with Crippen molar-refractivity contribution in [2.45, 2.75) is 12.8 Å². The summed E-state index contributed by atoms with van der Waals surface area (Å²) in [4.78, 5) is 8.31. The number of aromatic nitrogens is 2. The van der Waals surface area contributed by atoms with Crippen molar-refractivity contribution < 1.29 is 0 Å². The number of pyridine rings is 2. The van der Waals surface area contributed by atoms with Gasteiger partial charge in [0.05, 0.1) is 0 Å². The average Bonchev–Trinajstić information content (AvgIpc) is 2.29. The summed E-state index contributed by atoms with van der Waals surface area (Å²) < 4.78 is 0. The summed E-state index contributed by atoms with van der Waals surface area (Å²) in [6.07, 6.45) is 9.82. The lowest BCUT2D eigenvalue weighted by atomic mass is 9.88. The zero-order chi connectivity index (χ0) is 9.38. The van der Waals surface area contributed by atoms with Crippen molar-refractivity contribution in [3.8, 4) is 11.1 Å². The topological polar surface area (TPSA) is 25.8 Å². The van der Waals surface area contributed by atoms with E-state index in [2.05, 4.69) is 22.1 Å². The van der Waals surface area contributed by atoms with Gasteiger partial charge in [-0.15, -0.1) is 0 Å². The fraction of sp³-hybridized carbons (Fsp3) is 0.167. The lowest BCUT2D eigenvalue weighted by molar-refractivity contribution is 0.922. The Morgan fingerprint density at radius 3 is 1.79 bits per heavy atom. The highest BCUT2D eigenvalue weighted by atomic mass is 14.6. The van der Waals surface area contributed by atoms with Crippen molar-refractivity contribution >= 4 is 0 Å². The minimum atomic E-state index is 1.09. The van der Waals surface area contributed by atoms with Gasteiger partial charge in [0.2, 0.25) is 0 Å². The standard InChI is InChI=1S/C12H10N2/c1-2-10-8-14-6-4-12(10)11-3-5-13-7-9(1)11/h3-8H,1-2H2. The maximum absolute atomic E-state index is 4.16. The maximum Gasteiger partial charge on any atom is 0.0306 e. The minimum Gasteiger partial charge on any atom is -0.264 e. The molecule has 14 heavy (non-hydrogen) atoms. The third kappa shape index (κ3) is 1.04. The molecule has 0 fully saturated rings. The van der Waals surface area contributed by atoms with Crippen LogP contribution < -0.4 is 0 Å². The van der Waals surface area contributed by atoms with Crippen molar-refractivity contribution in [2.24, 2.45) is 0 Å². The molecule has 1 aliphatic rings. The molecule has 3 rings (SSSR count). The molecular weight excluding hydrogens is 172 g/mol. The van der Waals surface area contributed by atoms with Gasteiger partial charge in [-0.1, -0.05) is 0 Å². The Morgan fingerprint density at radius 1 is 0.786 bits per heavy atom. The van der Waals surface area contributed by atoms with Crippen LogP contribution in [-0.4, -0.2) is 9.97 Å².